The highest BCUT2D eigenvalue weighted by atomic mass is 16.5. The predicted octanol–water partition coefficient (Wildman–Crippen LogP) is 2.67. The van der Waals surface area contributed by atoms with Crippen LogP contribution < -0.4 is 19.5 Å². The average molecular weight is 321 g/mol. The second-order valence-electron chi connectivity index (χ2n) is 6.56. The molecule has 1 aliphatic heterocycles. The molecule has 0 amide bonds. The Morgan fingerprint density at radius 3 is 2.52 bits per heavy atom. The third kappa shape index (κ3) is 2.76. The number of fused-ring (bicyclic) bond motifs is 1. The van der Waals surface area contributed by atoms with Crippen molar-refractivity contribution >= 4 is 0 Å². The summed E-state index contributed by atoms with van der Waals surface area (Å²) < 4.78 is 16.5. The lowest BCUT2D eigenvalue weighted by Gasteiger charge is -2.48. The van der Waals surface area contributed by atoms with E-state index in [9.17, 15) is 5.11 Å². The Kier molecular flexibility index (Phi) is 4.69. The molecule has 0 radical (unpaired) electrons. The van der Waals surface area contributed by atoms with Gasteiger partial charge >= 0.3 is 0 Å². The van der Waals surface area contributed by atoms with Crippen molar-refractivity contribution in [3.05, 3.63) is 17.7 Å². The van der Waals surface area contributed by atoms with Gasteiger partial charge in [0.15, 0.2) is 11.5 Å². The summed E-state index contributed by atoms with van der Waals surface area (Å²) >= 11 is 0. The predicted molar refractivity (Wildman–Crippen MR) is 88.4 cm³/mol. The zero-order valence-electron chi connectivity index (χ0n) is 14.2. The van der Waals surface area contributed by atoms with Crippen LogP contribution in [0.15, 0.2) is 12.1 Å². The Morgan fingerprint density at radius 2 is 1.83 bits per heavy atom. The lowest BCUT2D eigenvalue weighted by Crippen LogP contribution is -2.53. The van der Waals surface area contributed by atoms with E-state index in [0.717, 1.165) is 37.8 Å². The van der Waals surface area contributed by atoms with Gasteiger partial charge in [-0.2, -0.15) is 0 Å². The van der Waals surface area contributed by atoms with Gasteiger partial charge in [-0.1, -0.05) is 12.8 Å². The molecule has 0 spiro atoms. The smallest absolute Gasteiger partial charge is 0.203 e. The van der Waals surface area contributed by atoms with Crippen molar-refractivity contribution in [1.82, 2.24) is 5.32 Å². The van der Waals surface area contributed by atoms with E-state index in [4.69, 9.17) is 14.2 Å². The molecule has 2 fully saturated rings. The fourth-order valence-electron chi connectivity index (χ4n) is 4.32. The van der Waals surface area contributed by atoms with E-state index >= 15 is 0 Å². The Labute approximate surface area is 137 Å². The average Bonchev–Trinajstić information content (AvgIpc) is 2.59. The van der Waals surface area contributed by atoms with Gasteiger partial charge in [-0.3, -0.25) is 0 Å². The van der Waals surface area contributed by atoms with E-state index in [1.54, 1.807) is 21.3 Å². The van der Waals surface area contributed by atoms with Crippen molar-refractivity contribution in [2.75, 3.05) is 27.9 Å². The molecule has 1 saturated carbocycles. The largest absolute Gasteiger partial charge is 0.493 e. The van der Waals surface area contributed by atoms with E-state index in [2.05, 4.69) is 5.32 Å². The number of hydrogen-bond donors (Lipinski definition) is 2. The zero-order valence-corrected chi connectivity index (χ0v) is 14.2. The third-order valence-corrected chi connectivity index (χ3v) is 5.46. The minimum Gasteiger partial charge on any atom is -0.493 e. The zero-order chi connectivity index (χ0) is 16.4. The standard InChI is InChI=1S/C18H27NO4/c1-21-14-8-7-12(16(22-2)17(14)23-3)15-13-6-4-5-9-18(13,20)10-11-19-15/h7-8,13,15,19-20H,4-6,9-11H2,1-3H3/t13-,15+,18-/m1/s1. The van der Waals surface area contributed by atoms with E-state index in [1.807, 2.05) is 12.1 Å². The summed E-state index contributed by atoms with van der Waals surface area (Å²) in [6, 6.07) is 4.01. The molecular weight excluding hydrogens is 294 g/mol. The van der Waals surface area contributed by atoms with Crippen LogP contribution in [0.2, 0.25) is 0 Å². The highest BCUT2D eigenvalue weighted by Gasteiger charge is 2.46. The number of rotatable bonds is 4. The highest BCUT2D eigenvalue weighted by molar-refractivity contribution is 5.57. The first kappa shape index (κ1) is 16.4. The molecule has 3 rings (SSSR count). The first-order valence-electron chi connectivity index (χ1n) is 8.39. The number of nitrogens with one attached hydrogen (secondary N) is 1. The molecule has 2 aliphatic rings. The third-order valence-electron chi connectivity index (χ3n) is 5.46. The maximum Gasteiger partial charge on any atom is 0.203 e. The molecule has 3 atom stereocenters. The molecule has 1 saturated heterocycles. The summed E-state index contributed by atoms with van der Waals surface area (Å²) in [4.78, 5) is 0. The lowest BCUT2D eigenvalue weighted by molar-refractivity contribution is -0.0863. The summed E-state index contributed by atoms with van der Waals surface area (Å²) in [5.41, 5.74) is 0.474. The molecule has 23 heavy (non-hydrogen) atoms. The van der Waals surface area contributed by atoms with Gasteiger partial charge in [0.2, 0.25) is 5.75 Å². The molecule has 1 aliphatic carbocycles. The number of methoxy groups -OCH3 is 3. The molecule has 5 nitrogen and oxygen atoms in total. The van der Waals surface area contributed by atoms with Gasteiger partial charge in [0.25, 0.3) is 0 Å². The number of ether oxygens (including phenoxy) is 3. The molecular formula is C18H27NO4. The maximum atomic E-state index is 11.1. The fraction of sp³-hybridized carbons (Fsp3) is 0.667. The minimum atomic E-state index is -0.563. The van der Waals surface area contributed by atoms with Gasteiger partial charge in [0.05, 0.1) is 26.9 Å². The summed E-state index contributed by atoms with van der Waals surface area (Å²) in [6.45, 7) is 0.815. The van der Waals surface area contributed by atoms with Gasteiger partial charge in [-0.05, 0) is 37.9 Å². The molecule has 1 heterocycles. The molecule has 2 N–H and O–H groups in total. The summed E-state index contributed by atoms with van der Waals surface area (Å²) in [5, 5.41) is 14.7. The molecule has 0 unspecified atom stereocenters. The molecule has 1 aromatic rings. The Balaban J connectivity index is 2.03. The first-order valence-corrected chi connectivity index (χ1v) is 8.39. The summed E-state index contributed by atoms with van der Waals surface area (Å²) in [6.07, 6.45) is 5.03. The topological polar surface area (TPSA) is 60.0 Å². The van der Waals surface area contributed by atoms with Crippen molar-refractivity contribution in [1.29, 1.82) is 0 Å². The van der Waals surface area contributed by atoms with Crippen LogP contribution in [0.1, 0.15) is 43.7 Å². The van der Waals surface area contributed by atoms with E-state index in [0.29, 0.717) is 17.2 Å². The molecule has 128 valence electrons. The van der Waals surface area contributed by atoms with E-state index in [-0.39, 0.29) is 12.0 Å². The van der Waals surface area contributed by atoms with Crippen LogP contribution in [0.5, 0.6) is 17.2 Å². The van der Waals surface area contributed by atoms with Crippen molar-refractivity contribution < 1.29 is 19.3 Å². The van der Waals surface area contributed by atoms with Crippen LogP contribution in [-0.2, 0) is 0 Å². The van der Waals surface area contributed by atoms with Crippen LogP contribution in [0.4, 0.5) is 0 Å². The second-order valence-corrected chi connectivity index (χ2v) is 6.56. The lowest BCUT2D eigenvalue weighted by atomic mass is 9.66. The number of hydrogen-bond acceptors (Lipinski definition) is 5. The van der Waals surface area contributed by atoms with Crippen LogP contribution in [-0.4, -0.2) is 38.6 Å². The Hall–Kier alpha value is -1.46. The van der Waals surface area contributed by atoms with Crippen LogP contribution >= 0.6 is 0 Å². The molecule has 1 aromatic carbocycles. The number of benzene rings is 1. The first-order chi connectivity index (χ1) is 11.1. The SMILES string of the molecule is COc1ccc([C@@H]2NCC[C@]3(O)CCCC[C@H]23)c(OC)c1OC. The van der Waals surface area contributed by atoms with Gasteiger partial charge in [-0.15, -0.1) is 0 Å². The molecule has 0 bridgehead atoms. The normalized spacial score (nSPS) is 30.4. The summed E-state index contributed by atoms with van der Waals surface area (Å²) in [7, 11) is 4.89. The monoisotopic (exact) mass is 321 g/mol. The van der Waals surface area contributed by atoms with Gasteiger partial charge in [0.1, 0.15) is 0 Å². The van der Waals surface area contributed by atoms with Crippen molar-refractivity contribution in [3.8, 4) is 17.2 Å². The molecule has 5 heteroatoms. The fourth-order valence-corrected chi connectivity index (χ4v) is 4.32. The molecule has 0 aromatic heterocycles. The van der Waals surface area contributed by atoms with Gasteiger partial charge in [0, 0.05) is 17.5 Å². The number of aliphatic hydroxyl groups is 1. The van der Waals surface area contributed by atoms with Crippen LogP contribution in [0.25, 0.3) is 0 Å². The highest BCUT2D eigenvalue weighted by Crippen LogP contribution is 2.50. The van der Waals surface area contributed by atoms with Crippen LogP contribution in [0.3, 0.4) is 0 Å². The quantitative estimate of drug-likeness (QED) is 0.893. The second kappa shape index (κ2) is 6.57. The van der Waals surface area contributed by atoms with Crippen molar-refractivity contribution in [3.63, 3.8) is 0 Å². The Bertz CT molecular complexity index is 558. The Morgan fingerprint density at radius 1 is 1.04 bits per heavy atom. The van der Waals surface area contributed by atoms with E-state index in [1.165, 1.54) is 6.42 Å². The van der Waals surface area contributed by atoms with Gasteiger partial charge in [-0.25, -0.2) is 0 Å². The van der Waals surface area contributed by atoms with Crippen molar-refractivity contribution in [2.45, 2.75) is 43.7 Å². The summed E-state index contributed by atoms with van der Waals surface area (Å²) in [5.74, 6) is 2.17. The maximum absolute atomic E-state index is 11.1. The number of piperidine rings is 1. The van der Waals surface area contributed by atoms with Gasteiger partial charge < -0.3 is 24.6 Å². The minimum absolute atomic E-state index is 0.0730. The van der Waals surface area contributed by atoms with E-state index < -0.39 is 5.60 Å². The van der Waals surface area contributed by atoms with Crippen LogP contribution in [0, 0.1) is 5.92 Å². The van der Waals surface area contributed by atoms with Crippen molar-refractivity contribution in [2.24, 2.45) is 5.92 Å².